The Morgan fingerprint density at radius 3 is 1.92 bits per heavy atom. The number of hydrogen-bond donors (Lipinski definition) is 3. The molecule has 0 heterocycles. The highest BCUT2D eigenvalue weighted by Crippen LogP contribution is 2.34. The number of benzene rings is 2. The number of ether oxygens (including phenoxy) is 4. The molecule has 2 aromatic rings. The number of aryl methyl sites for hydroxylation is 1. The second kappa shape index (κ2) is 16.9. The van der Waals surface area contributed by atoms with Crippen LogP contribution in [0.4, 0.5) is 0 Å². The quantitative estimate of drug-likeness (QED) is 0.269. The first-order chi connectivity index (χ1) is 18.4. The summed E-state index contributed by atoms with van der Waals surface area (Å²) < 4.78 is 21.8. The Labute approximate surface area is 224 Å². The number of carbonyl (C=O) groups is 3. The second-order valence-corrected chi connectivity index (χ2v) is 8.52. The topological polar surface area (TPSA) is 124 Å². The van der Waals surface area contributed by atoms with Gasteiger partial charge in [0.25, 0.3) is 0 Å². The average molecular weight is 530 g/mol. The minimum atomic E-state index is -0.242. The SMILES string of the molecule is CCc1c(OC)cc(OCCC(=O)NCCNC(=O)CCOCC(=O)NCc2ccc(C)cc2)cc1OC. The Hall–Kier alpha value is -3.79. The smallest absolute Gasteiger partial charge is 0.246 e. The van der Waals surface area contributed by atoms with E-state index in [2.05, 4.69) is 16.0 Å². The minimum Gasteiger partial charge on any atom is -0.496 e. The summed E-state index contributed by atoms with van der Waals surface area (Å²) in [6.45, 7) is 5.22. The van der Waals surface area contributed by atoms with Crippen LogP contribution in [0.1, 0.15) is 36.5 Å². The fourth-order valence-corrected chi connectivity index (χ4v) is 3.52. The summed E-state index contributed by atoms with van der Waals surface area (Å²) in [5, 5.41) is 8.21. The van der Waals surface area contributed by atoms with Crippen LogP contribution in [0, 0.1) is 6.92 Å². The molecule has 0 aromatic heterocycles. The molecule has 0 aliphatic carbocycles. The molecule has 0 atom stereocenters. The van der Waals surface area contributed by atoms with Crippen LogP contribution in [0.25, 0.3) is 0 Å². The Kier molecular flexibility index (Phi) is 13.5. The summed E-state index contributed by atoms with van der Waals surface area (Å²) in [6.07, 6.45) is 1.04. The maximum absolute atomic E-state index is 12.0. The fraction of sp³-hybridized carbons (Fsp3) is 0.464. The van der Waals surface area contributed by atoms with Gasteiger partial charge in [-0.25, -0.2) is 0 Å². The van der Waals surface area contributed by atoms with Crippen molar-refractivity contribution in [1.29, 1.82) is 0 Å². The first-order valence-electron chi connectivity index (χ1n) is 12.7. The minimum absolute atomic E-state index is 0.112. The third-order valence-corrected chi connectivity index (χ3v) is 5.62. The van der Waals surface area contributed by atoms with E-state index in [1.165, 1.54) is 0 Å². The van der Waals surface area contributed by atoms with Gasteiger partial charge in [0.05, 0.1) is 33.9 Å². The summed E-state index contributed by atoms with van der Waals surface area (Å²) in [7, 11) is 3.18. The lowest BCUT2D eigenvalue weighted by Gasteiger charge is -2.15. The van der Waals surface area contributed by atoms with Crippen LogP contribution in [0.5, 0.6) is 17.2 Å². The lowest BCUT2D eigenvalue weighted by molar-refractivity contribution is -0.128. The summed E-state index contributed by atoms with van der Waals surface area (Å²) in [5.74, 6) is 1.25. The Morgan fingerprint density at radius 1 is 0.789 bits per heavy atom. The van der Waals surface area contributed by atoms with Crippen LogP contribution < -0.4 is 30.2 Å². The van der Waals surface area contributed by atoms with E-state index in [4.69, 9.17) is 18.9 Å². The summed E-state index contributed by atoms with van der Waals surface area (Å²) in [4.78, 5) is 35.8. The molecule has 10 nitrogen and oxygen atoms in total. The van der Waals surface area contributed by atoms with Crippen molar-refractivity contribution in [1.82, 2.24) is 16.0 Å². The molecule has 208 valence electrons. The first-order valence-corrected chi connectivity index (χ1v) is 12.7. The average Bonchev–Trinajstić information content (AvgIpc) is 2.92. The number of nitrogens with one attached hydrogen (secondary N) is 3. The van der Waals surface area contributed by atoms with E-state index in [-0.39, 0.29) is 56.9 Å². The van der Waals surface area contributed by atoms with Gasteiger partial charge in [0.2, 0.25) is 17.7 Å². The maximum atomic E-state index is 12.0. The molecule has 3 amide bonds. The van der Waals surface area contributed by atoms with E-state index in [1.807, 2.05) is 38.1 Å². The molecule has 0 bridgehead atoms. The van der Waals surface area contributed by atoms with Crippen molar-refractivity contribution in [3.05, 3.63) is 53.1 Å². The van der Waals surface area contributed by atoms with Crippen molar-refractivity contribution in [3.8, 4) is 17.2 Å². The van der Waals surface area contributed by atoms with Crippen LogP contribution in [-0.2, 0) is 32.1 Å². The number of amides is 3. The van der Waals surface area contributed by atoms with E-state index in [0.29, 0.717) is 30.3 Å². The molecule has 3 N–H and O–H groups in total. The van der Waals surface area contributed by atoms with Crippen LogP contribution in [0.15, 0.2) is 36.4 Å². The highest BCUT2D eigenvalue weighted by molar-refractivity contribution is 5.78. The molecule has 0 unspecified atom stereocenters. The van der Waals surface area contributed by atoms with Gasteiger partial charge in [-0.2, -0.15) is 0 Å². The molecule has 0 spiro atoms. The molecule has 2 aromatic carbocycles. The van der Waals surface area contributed by atoms with E-state index in [1.54, 1.807) is 26.4 Å². The first kappa shape index (κ1) is 30.4. The lowest BCUT2D eigenvalue weighted by atomic mass is 10.1. The van der Waals surface area contributed by atoms with E-state index in [0.717, 1.165) is 23.1 Å². The predicted octanol–water partition coefficient (Wildman–Crippen LogP) is 2.30. The van der Waals surface area contributed by atoms with Crippen molar-refractivity contribution in [3.63, 3.8) is 0 Å². The zero-order valence-electron chi connectivity index (χ0n) is 22.7. The molecule has 2 rings (SSSR count). The number of methoxy groups -OCH3 is 2. The molecule has 0 aliphatic heterocycles. The molecule has 38 heavy (non-hydrogen) atoms. The molecule has 0 saturated carbocycles. The normalized spacial score (nSPS) is 10.4. The summed E-state index contributed by atoms with van der Waals surface area (Å²) in [6, 6.07) is 11.4. The lowest BCUT2D eigenvalue weighted by Crippen LogP contribution is -2.35. The zero-order chi connectivity index (χ0) is 27.8. The van der Waals surface area contributed by atoms with Gasteiger partial charge in [0.1, 0.15) is 23.9 Å². The molecular formula is C28H39N3O7. The van der Waals surface area contributed by atoms with Crippen molar-refractivity contribution < 1.29 is 33.3 Å². The monoisotopic (exact) mass is 529 g/mol. The Balaban J connectivity index is 1.52. The Bertz CT molecular complexity index is 1020. The molecule has 0 saturated heterocycles. The van der Waals surface area contributed by atoms with Gasteiger partial charge in [0, 0.05) is 43.8 Å². The number of carbonyl (C=O) groups excluding carboxylic acids is 3. The Morgan fingerprint density at radius 2 is 1.37 bits per heavy atom. The molecule has 0 fully saturated rings. The van der Waals surface area contributed by atoms with Gasteiger partial charge in [-0.05, 0) is 18.9 Å². The van der Waals surface area contributed by atoms with Gasteiger partial charge in [-0.15, -0.1) is 0 Å². The van der Waals surface area contributed by atoms with E-state index in [9.17, 15) is 14.4 Å². The highest BCUT2D eigenvalue weighted by atomic mass is 16.5. The van der Waals surface area contributed by atoms with Crippen LogP contribution in [0.3, 0.4) is 0 Å². The molecule has 10 heteroatoms. The van der Waals surface area contributed by atoms with Crippen LogP contribution >= 0.6 is 0 Å². The maximum Gasteiger partial charge on any atom is 0.246 e. The van der Waals surface area contributed by atoms with Gasteiger partial charge in [-0.1, -0.05) is 36.8 Å². The summed E-state index contributed by atoms with van der Waals surface area (Å²) >= 11 is 0. The van der Waals surface area contributed by atoms with Crippen molar-refractivity contribution >= 4 is 17.7 Å². The van der Waals surface area contributed by atoms with Gasteiger partial charge < -0.3 is 34.9 Å². The van der Waals surface area contributed by atoms with Gasteiger partial charge >= 0.3 is 0 Å². The van der Waals surface area contributed by atoms with Crippen molar-refractivity contribution in [2.24, 2.45) is 0 Å². The highest BCUT2D eigenvalue weighted by Gasteiger charge is 2.12. The standard InChI is InChI=1S/C28H39N3O7/c1-5-23-24(35-3)16-22(17-25(23)36-4)38-15-11-27(33)30-13-12-29-26(32)10-14-37-19-28(34)31-18-21-8-6-20(2)7-9-21/h6-9,16-17H,5,10-15,18-19H2,1-4H3,(H,29,32)(H,30,33)(H,31,34). The summed E-state index contributed by atoms with van der Waals surface area (Å²) in [5.41, 5.74) is 3.12. The second-order valence-electron chi connectivity index (χ2n) is 8.52. The molecule has 0 radical (unpaired) electrons. The van der Waals surface area contributed by atoms with Crippen molar-refractivity contribution in [2.75, 3.05) is 47.1 Å². The molecule has 0 aliphatic rings. The number of rotatable bonds is 17. The van der Waals surface area contributed by atoms with Gasteiger partial charge in [-0.3, -0.25) is 14.4 Å². The van der Waals surface area contributed by atoms with E-state index < -0.39 is 0 Å². The predicted molar refractivity (Wildman–Crippen MR) is 144 cm³/mol. The zero-order valence-corrected chi connectivity index (χ0v) is 22.7. The number of hydrogen-bond acceptors (Lipinski definition) is 7. The van der Waals surface area contributed by atoms with Crippen LogP contribution in [0.2, 0.25) is 0 Å². The largest absolute Gasteiger partial charge is 0.496 e. The third kappa shape index (κ3) is 11.1. The third-order valence-electron chi connectivity index (χ3n) is 5.62. The van der Waals surface area contributed by atoms with Crippen molar-refractivity contribution in [2.45, 2.75) is 39.7 Å². The molecular weight excluding hydrogens is 490 g/mol. The van der Waals surface area contributed by atoms with Gasteiger partial charge in [0.15, 0.2) is 0 Å². The van der Waals surface area contributed by atoms with Crippen LogP contribution in [-0.4, -0.2) is 64.9 Å². The van der Waals surface area contributed by atoms with E-state index >= 15 is 0 Å². The fourth-order valence-electron chi connectivity index (χ4n) is 3.52.